The van der Waals surface area contributed by atoms with Gasteiger partial charge in [0.25, 0.3) is 0 Å². The Morgan fingerprint density at radius 2 is 1.66 bits per heavy atom. The molecule has 2 aromatic rings. The summed E-state index contributed by atoms with van der Waals surface area (Å²) in [6.45, 7) is 13.1. The van der Waals surface area contributed by atoms with E-state index in [1.165, 1.54) is 19.3 Å². The third-order valence-corrected chi connectivity index (χ3v) is 6.58. The molecule has 0 N–H and O–H groups in total. The summed E-state index contributed by atoms with van der Waals surface area (Å²) in [6.07, 6.45) is 7.69. The second kappa shape index (κ2) is 11.2. The number of rotatable bonds is 10. The number of nitrogens with zero attached hydrogens (tertiary/aromatic N) is 2. The average Bonchev–Trinajstić information content (AvgIpc) is 2.80. The Hall–Kier alpha value is -2.11. The van der Waals surface area contributed by atoms with Crippen LogP contribution in [0, 0.1) is 5.41 Å². The van der Waals surface area contributed by atoms with Crippen molar-refractivity contribution in [2.45, 2.75) is 85.5 Å². The lowest BCUT2D eigenvalue weighted by Gasteiger charge is -2.54. The summed E-state index contributed by atoms with van der Waals surface area (Å²) in [5.74, 6) is 0.769. The highest BCUT2D eigenvalue weighted by atomic mass is 16.7. The molecule has 1 aliphatic carbocycles. The molecule has 176 valence electrons. The lowest BCUT2D eigenvalue weighted by atomic mass is 9.65. The predicted molar refractivity (Wildman–Crippen MR) is 130 cm³/mol. The van der Waals surface area contributed by atoms with Gasteiger partial charge in [0.2, 0.25) is 0 Å². The van der Waals surface area contributed by atoms with Crippen molar-refractivity contribution >= 4 is 5.69 Å². The monoisotopic (exact) mass is 440 g/mol. The molecule has 0 radical (unpaired) electrons. The highest BCUT2D eigenvalue weighted by molar-refractivity contribution is 5.60. The fourth-order valence-electron chi connectivity index (χ4n) is 4.77. The van der Waals surface area contributed by atoms with Crippen molar-refractivity contribution in [1.29, 1.82) is 0 Å². The summed E-state index contributed by atoms with van der Waals surface area (Å²) < 4.78 is 11.9. The van der Waals surface area contributed by atoms with Crippen LogP contribution in [0.4, 0.5) is 5.69 Å². The topological polar surface area (TPSA) is 43.8 Å². The van der Waals surface area contributed by atoms with Crippen molar-refractivity contribution in [3.63, 3.8) is 0 Å². The molecule has 1 heterocycles. The third-order valence-electron chi connectivity index (χ3n) is 6.58. The Kier molecular flexibility index (Phi) is 8.55. The van der Waals surface area contributed by atoms with Crippen molar-refractivity contribution in [3.8, 4) is 5.75 Å². The first kappa shape index (κ1) is 24.5. The van der Waals surface area contributed by atoms with Gasteiger partial charge in [0, 0.05) is 12.8 Å². The fourth-order valence-corrected chi connectivity index (χ4v) is 4.77. The molecule has 0 bridgehead atoms. The summed E-state index contributed by atoms with van der Waals surface area (Å²) in [5, 5.41) is 2.18. The van der Waals surface area contributed by atoms with Crippen LogP contribution in [0.15, 0.2) is 42.6 Å². The maximum absolute atomic E-state index is 6.71. The molecule has 1 saturated carbocycles. The Labute approximate surface area is 194 Å². The van der Waals surface area contributed by atoms with Gasteiger partial charge >= 0.3 is 0 Å². The molecular weight excluding hydrogens is 400 g/mol. The number of hydrogen-bond acceptors (Lipinski definition) is 5. The first-order valence-electron chi connectivity index (χ1n) is 12.1. The lowest BCUT2D eigenvalue weighted by molar-refractivity contribution is -0.0271. The number of hydroxylamine groups is 1. The first-order valence-corrected chi connectivity index (χ1v) is 12.1. The molecule has 5 heteroatoms. The Morgan fingerprint density at radius 3 is 2.28 bits per heavy atom. The number of aromatic nitrogens is 1. The second-order valence-electron chi connectivity index (χ2n) is 9.57. The molecule has 0 aliphatic heterocycles. The van der Waals surface area contributed by atoms with E-state index in [0.717, 1.165) is 35.5 Å². The molecule has 1 aromatic heterocycles. The van der Waals surface area contributed by atoms with Crippen molar-refractivity contribution in [2.24, 2.45) is 5.41 Å². The van der Waals surface area contributed by atoms with Gasteiger partial charge in [-0.15, -0.1) is 0 Å². The van der Waals surface area contributed by atoms with Gasteiger partial charge in [-0.2, -0.15) is 0 Å². The molecule has 5 nitrogen and oxygen atoms in total. The number of benzene rings is 1. The van der Waals surface area contributed by atoms with Crippen LogP contribution in [0.25, 0.3) is 0 Å². The van der Waals surface area contributed by atoms with E-state index < -0.39 is 0 Å². The molecular formula is C27H40N2O3. The van der Waals surface area contributed by atoms with Crippen LogP contribution in [0.1, 0.15) is 78.0 Å². The number of hydrogen-bond donors (Lipinski definition) is 0. The zero-order valence-corrected chi connectivity index (χ0v) is 20.5. The minimum Gasteiger partial charge on any atom is -0.490 e. The number of ether oxygens (including phenoxy) is 2. The van der Waals surface area contributed by atoms with E-state index in [1.807, 2.05) is 32.2 Å². The van der Waals surface area contributed by atoms with Gasteiger partial charge in [0.15, 0.2) is 5.75 Å². The molecule has 1 aromatic carbocycles. The van der Waals surface area contributed by atoms with Crippen LogP contribution in [0.3, 0.4) is 0 Å². The molecule has 3 rings (SSSR count). The number of anilines is 1. The van der Waals surface area contributed by atoms with E-state index in [1.54, 1.807) is 0 Å². The fraction of sp³-hybridized carbons (Fsp3) is 0.593. The van der Waals surface area contributed by atoms with Crippen molar-refractivity contribution in [3.05, 3.63) is 53.9 Å². The van der Waals surface area contributed by atoms with E-state index >= 15 is 0 Å². The number of pyridine rings is 1. The summed E-state index contributed by atoms with van der Waals surface area (Å²) in [7, 11) is 0. The van der Waals surface area contributed by atoms with Gasteiger partial charge in [0.05, 0.1) is 25.4 Å². The van der Waals surface area contributed by atoms with Gasteiger partial charge < -0.3 is 9.47 Å². The standard InChI is InChI=1S/C27H40N2O3/c1-6-30-21-23-25(31-7-2)24(16-19-28-23)29(32-20-22-14-10-8-11-15-22)27(26(3,4)5)17-12-9-13-18-27/h8,10-11,14-16,19H,6-7,9,12-13,17-18,20-21H2,1-5H3. The Bertz CT molecular complexity index is 827. The van der Waals surface area contributed by atoms with Crippen molar-refractivity contribution in [2.75, 3.05) is 18.3 Å². The molecule has 1 aliphatic rings. The summed E-state index contributed by atoms with van der Waals surface area (Å²) >= 11 is 0. The van der Waals surface area contributed by atoms with Crippen molar-refractivity contribution < 1.29 is 14.3 Å². The van der Waals surface area contributed by atoms with Crippen LogP contribution in [-0.4, -0.2) is 23.7 Å². The maximum Gasteiger partial charge on any atom is 0.168 e. The van der Waals surface area contributed by atoms with Crippen LogP contribution in [-0.2, 0) is 22.8 Å². The molecule has 0 saturated heterocycles. The molecule has 0 spiro atoms. The van der Waals surface area contributed by atoms with Crippen LogP contribution in [0.5, 0.6) is 5.75 Å². The molecule has 32 heavy (non-hydrogen) atoms. The SMILES string of the molecule is CCOCc1nccc(N(OCc2ccccc2)C2(C(C)(C)C)CCCCC2)c1OCC. The largest absolute Gasteiger partial charge is 0.490 e. The van der Waals surface area contributed by atoms with Gasteiger partial charge in [0.1, 0.15) is 11.4 Å². The summed E-state index contributed by atoms with van der Waals surface area (Å²) in [5.41, 5.74) is 2.79. The van der Waals surface area contributed by atoms with Crippen molar-refractivity contribution in [1.82, 2.24) is 4.98 Å². The quantitative estimate of drug-likeness (QED) is 0.384. The predicted octanol–water partition coefficient (Wildman–Crippen LogP) is 6.70. The van der Waals surface area contributed by atoms with E-state index in [9.17, 15) is 0 Å². The van der Waals surface area contributed by atoms with Gasteiger partial charge in [-0.3, -0.25) is 9.82 Å². The zero-order valence-electron chi connectivity index (χ0n) is 20.5. The Balaban J connectivity index is 2.09. The minimum absolute atomic E-state index is 0.0109. The Morgan fingerprint density at radius 1 is 0.938 bits per heavy atom. The van der Waals surface area contributed by atoms with E-state index in [0.29, 0.717) is 26.4 Å². The van der Waals surface area contributed by atoms with E-state index in [2.05, 4.69) is 55.1 Å². The molecule has 0 amide bonds. The third kappa shape index (κ3) is 5.44. The van der Waals surface area contributed by atoms with E-state index in [4.69, 9.17) is 14.3 Å². The maximum atomic E-state index is 6.71. The van der Waals surface area contributed by atoms with Crippen LogP contribution >= 0.6 is 0 Å². The summed E-state index contributed by atoms with van der Waals surface area (Å²) in [6, 6.07) is 12.4. The zero-order chi connectivity index (χ0) is 23.0. The average molecular weight is 441 g/mol. The second-order valence-corrected chi connectivity index (χ2v) is 9.57. The van der Waals surface area contributed by atoms with Crippen LogP contribution in [0.2, 0.25) is 0 Å². The molecule has 0 unspecified atom stereocenters. The highest BCUT2D eigenvalue weighted by Gasteiger charge is 2.49. The summed E-state index contributed by atoms with van der Waals surface area (Å²) in [4.78, 5) is 11.3. The molecule has 1 fully saturated rings. The van der Waals surface area contributed by atoms with E-state index in [-0.39, 0.29) is 11.0 Å². The highest BCUT2D eigenvalue weighted by Crippen LogP contribution is 2.50. The van der Waals surface area contributed by atoms with Gasteiger partial charge in [-0.25, -0.2) is 5.06 Å². The van der Waals surface area contributed by atoms with Gasteiger partial charge in [-0.05, 0) is 43.7 Å². The first-order chi connectivity index (χ1) is 15.4. The van der Waals surface area contributed by atoms with Crippen LogP contribution < -0.4 is 9.80 Å². The smallest absolute Gasteiger partial charge is 0.168 e. The minimum atomic E-state index is -0.143. The lowest BCUT2D eigenvalue weighted by Crippen LogP contribution is -2.58. The normalized spacial score (nSPS) is 16.0. The van der Waals surface area contributed by atoms with Gasteiger partial charge in [-0.1, -0.05) is 70.4 Å². The molecule has 0 atom stereocenters.